The molecule has 87 heavy (non-hydrogen) atoms. The molecular weight excluding hydrogens is 1200 g/mol. The van der Waals surface area contributed by atoms with Crippen molar-refractivity contribution in [2.75, 3.05) is 0 Å². The standard InChI is InChI=1S/C7H4N16.4C6H4N4O6/c1(2(4-8-16-17-9-4)5-10-18-19-11-5)3(6-12-20-21-13-6)7-14-22-23-15-7;4*7-6-4(9(13)14)1-3(8(11)12)2-5(6)10(15)16/h2-3H,1H2;4*1-2H,7H2/q-4;;;;/p+4. The zero-order valence-electron chi connectivity index (χ0n) is 41.6. The molecule has 0 saturated carbocycles. The van der Waals surface area contributed by atoms with Crippen LogP contribution in [0.2, 0.25) is 0 Å². The summed E-state index contributed by atoms with van der Waals surface area (Å²) in [5.74, 6) is 0.132. The Hall–Kier alpha value is -14.2. The van der Waals surface area contributed by atoms with Gasteiger partial charge in [0.1, 0.15) is 48.5 Å². The Morgan fingerprint density at radius 3 is 0.540 bits per heavy atom. The molecule has 0 atom stereocenters. The van der Waals surface area contributed by atoms with Crippen LogP contribution in [-0.4, -0.2) is 121 Å². The molecule has 0 unspecified atom stereocenters. The Labute approximate surface area is 466 Å². The molecule has 56 heteroatoms. The number of non-ortho nitro benzene ring substituents is 4. The lowest BCUT2D eigenvalue weighted by Gasteiger charge is -2.24. The fraction of sp³-hybridized carbons (Fsp3) is 0.0968. The average Bonchev–Trinajstić information content (AvgIpc) is 2.17. The van der Waals surface area contributed by atoms with Crippen LogP contribution >= 0.6 is 0 Å². The van der Waals surface area contributed by atoms with Gasteiger partial charge in [0, 0.05) is 35.1 Å². The summed E-state index contributed by atoms with van der Waals surface area (Å²) >= 11 is 0. The van der Waals surface area contributed by atoms with Crippen LogP contribution in [0.15, 0.2) is 48.5 Å². The average molecular weight is 1230 g/mol. The van der Waals surface area contributed by atoms with Gasteiger partial charge in [0.05, 0.1) is 59.1 Å². The van der Waals surface area contributed by atoms with Gasteiger partial charge in [0.15, 0.2) is 0 Å². The Bertz CT molecular complexity index is 3330. The molecule has 0 fully saturated rings. The van der Waals surface area contributed by atoms with E-state index in [1.165, 1.54) is 0 Å². The van der Waals surface area contributed by atoms with Gasteiger partial charge >= 0.3 is 45.5 Å². The van der Waals surface area contributed by atoms with E-state index < -0.39 is 162 Å². The summed E-state index contributed by atoms with van der Waals surface area (Å²) in [6.07, 6.45) is 0.279. The van der Waals surface area contributed by atoms with Crippen LogP contribution in [0.3, 0.4) is 0 Å². The van der Waals surface area contributed by atoms with Crippen LogP contribution < -0.4 is 43.3 Å². The molecule has 0 bridgehead atoms. The number of nitro benzene ring substituents is 12. The summed E-state index contributed by atoms with van der Waals surface area (Å²) in [7, 11) is 0. The first-order chi connectivity index (χ1) is 40.8. The van der Waals surface area contributed by atoms with E-state index in [0.717, 1.165) is 0 Å². The quantitative estimate of drug-likeness (QED) is 0.0484. The lowest BCUT2D eigenvalue weighted by atomic mass is 9.92. The minimum absolute atomic E-state index is 0.279. The number of nitrogens with zero attached hydrogens (tertiary/aromatic N) is 28. The molecule has 0 aliphatic heterocycles. The summed E-state index contributed by atoms with van der Waals surface area (Å²) in [5, 5.41) is 184. The predicted molar refractivity (Wildman–Crippen MR) is 257 cm³/mol. The SMILES string of the molecule is C(C(c1nnn[n-]1)c1nnn[n-]1)C(c1nnn[n-]1)c1nnn[n-]1.[NH3+]c1c([N+](=O)[O-])cc([N+](=O)[O-])cc1[N+](=O)[O-].[NH3+]c1c([N+](=O)[O-])cc([N+](=O)[O-])cc1[N+](=O)[O-].[NH3+]c1c([N+](=O)[O-])cc([N+](=O)[O-])cc1[N+](=O)[O-].[NH3+]c1c([N+](=O)[O-])cc([N+](=O)[O-])cc1[N+](=O)[O-]. The van der Waals surface area contributed by atoms with E-state index in [1.54, 1.807) is 0 Å². The number of tetrazole rings is 4. The lowest BCUT2D eigenvalue weighted by Crippen LogP contribution is -2.41. The maximum Gasteiger partial charge on any atom is 0.343 e. The van der Waals surface area contributed by atoms with Crippen LogP contribution in [0.25, 0.3) is 0 Å². The molecule has 4 aromatic carbocycles. The van der Waals surface area contributed by atoms with E-state index in [-0.39, 0.29) is 6.42 Å². The van der Waals surface area contributed by atoms with E-state index in [1.807, 2.05) is 0 Å². The van der Waals surface area contributed by atoms with Gasteiger partial charge in [0.2, 0.25) is 0 Å². The van der Waals surface area contributed by atoms with E-state index in [9.17, 15) is 121 Å². The number of nitro groups is 12. The van der Waals surface area contributed by atoms with Crippen LogP contribution in [0, 0.1) is 121 Å². The van der Waals surface area contributed by atoms with Crippen molar-refractivity contribution in [2.24, 2.45) is 0 Å². The number of hydrogen-bond donors (Lipinski definition) is 4. The molecule has 0 aliphatic carbocycles. The van der Waals surface area contributed by atoms with Crippen molar-refractivity contribution in [3.63, 3.8) is 0 Å². The molecule has 0 radical (unpaired) electrons. The third-order valence-electron chi connectivity index (χ3n) is 10.2. The first kappa shape index (κ1) is 65.3. The second-order valence-corrected chi connectivity index (χ2v) is 15.2. The predicted octanol–water partition coefficient (Wildman–Crippen LogP) is -3.25. The minimum atomic E-state index is -0.956. The minimum Gasteiger partial charge on any atom is -0.335 e. The van der Waals surface area contributed by atoms with Crippen LogP contribution in [0.5, 0.6) is 0 Å². The third-order valence-corrected chi connectivity index (χ3v) is 10.2. The first-order valence-corrected chi connectivity index (χ1v) is 21.3. The van der Waals surface area contributed by atoms with E-state index >= 15 is 0 Å². The van der Waals surface area contributed by atoms with Crippen molar-refractivity contribution >= 4 is 91.0 Å². The van der Waals surface area contributed by atoms with Gasteiger partial charge in [-0.2, -0.15) is 20.9 Å². The van der Waals surface area contributed by atoms with Gasteiger partial charge < -0.3 is 43.3 Å². The largest absolute Gasteiger partial charge is 0.343 e. The molecule has 8 aromatic rings. The first-order valence-electron chi connectivity index (χ1n) is 21.3. The van der Waals surface area contributed by atoms with Crippen LogP contribution in [0.4, 0.5) is 91.0 Å². The smallest absolute Gasteiger partial charge is 0.335 e. The molecular formula is C31H24N32O24. The van der Waals surface area contributed by atoms with Crippen molar-refractivity contribution in [3.8, 4) is 0 Å². The highest BCUT2D eigenvalue weighted by molar-refractivity contribution is 5.71. The third kappa shape index (κ3) is 16.5. The molecule has 4 heterocycles. The molecule has 8 rings (SSSR count). The molecule has 0 saturated heterocycles. The molecule has 12 N–H and O–H groups in total. The van der Waals surface area contributed by atoms with Gasteiger partial charge in [-0.3, -0.25) is 163 Å². The molecule has 0 spiro atoms. The normalized spacial score (nSPS) is 10.3. The van der Waals surface area contributed by atoms with Gasteiger partial charge in [-0.15, -0.1) is 0 Å². The summed E-state index contributed by atoms with van der Waals surface area (Å²) < 4.78 is 0. The van der Waals surface area contributed by atoms with Crippen molar-refractivity contribution < 1.29 is 82.0 Å². The Morgan fingerprint density at radius 1 is 0.287 bits per heavy atom. The molecule has 0 aliphatic rings. The van der Waals surface area contributed by atoms with Gasteiger partial charge in [0.25, 0.3) is 45.5 Å². The number of hydrogen-bond acceptors (Lipinski definition) is 36. The lowest BCUT2D eigenvalue weighted by molar-refractivity contribution is -0.417. The van der Waals surface area contributed by atoms with Gasteiger partial charge in [-0.1, -0.05) is 0 Å². The monoisotopic (exact) mass is 1230 g/mol. The number of rotatable bonds is 18. The zero-order chi connectivity index (χ0) is 65.3. The van der Waals surface area contributed by atoms with Crippen LogP contribution in [0.1, 0.15) is 41.6 Å². The Kier molecular flexibility index (Phi) is 21.2. The highest BCUT2D eigenvalue weighted by Crippen LogP contribution is 2.38. The Balaban J connectivity index is 0.000000235. The number of benzene rings is 4. The summed E-state index contributed by atoms with van der Waals surface area (Å²) in [6.45, 7) is 0. The number of quaternary nitrogens is 4. The summed E-state index contributed by atoms with van der Waals surface area (Å²) in [5.41, 5.74) is 1.94. The Morgan fingerprint density at radius 2 is 0.437 bits per heavy atom. The van der Waals surface area contributed by atoms with Gasteiger partial charge in [-0.05, 0) is 6.42 Å². The van der Waals surface area contributed by atoms with Crippen molar-refractivity contribution in [3.05, 3.63) is 193 Å². The highest BCUT2D eigenvalue weighted by atomic mass is 16.7. The van der Waals surface area contributed by atoms with Crippen molar-refractivity contribution in [2.45, 2.75) is 18.3 Å². The molecule has 0 amide bonds. The second-order valence-electron chi connectivity index (χ2n) is 15.2. The fourth-order valence-corrected chi connectivity index (χ4v) is 6.29. The summed E-state index contributed by atoms with van der Waals surface area (Å²) in [6, 6.07) is 5.07. The molecule has 452 valence electrons. The van der Waals surface area contributed by atoms with E-state index in [4.69, 9.17) is 0 Å². The topological polar surface area (TPSA) is 839 Å². The maximum absolute atomic E-state index is 10.5. The molecule has 4 aromatic heterocycles. The fourth-order valence-electron chi connectivity index (χ4n) is 6.29. The van der Waals surface area contributed by atoms with E-state index in [0.29, 0.717) is 71.8 Å². The molecule has 56 nitrogen and oxygen atoms in total. The summed E-state index contributed by atoms with van der Waals surface area (Å²) in [4.78, 5) is 114. The van der Waals surface area contributed by atoms with Gasteiger partial charge in [-0.25, -0.2) is 0 Å². The number of aromatic nitrogens is 16. The maximum atomic E-state index is 10.5. The van der Waals surface area contributed by atoms with Crippen molar-refractivity contribution in [1.29, 1.82) is 0 Å². The second kappa shape index (κ2) is 28.3. The van der Waals surface area contributed by atoms with Crippen molar-refractivity contribution in [1.82, 2.24) is 82.5 Å². The van der Waals surface area contributed by atoms with Crippen LogP contribution in [-0.2, 0) is 0 Å². The van der Waals surface area contributed by atoms with E-state index in [2.05, 4.69) is 105 Å². The highest BCUT2D eigenvalue weighted by Gasteiger charge is 2.35. The zero-order valence-corrected chi connectivity index (χ0v) is 41.6.